The molecule has 0 fully saturated rings. The van der Waals surface area contributed by atoms with E-state index < -0.39 is 0 Å². The van der Waals surface area contributed by atoms with E-state index in [2.05, 4.69) is 98.6 Å². The van der Waals surface area contributed by atoms with E-state index in [1.807, 2.05) is 12.1 Å². The molecule has 0 N–H and O–H groups in total. The summed E-state index contributed by atoms with van der Waals surface area (Å²) in [7, 11) is 0. The Kier molecular flexibility index (Phi) is 3.80. The SMILES string of the molecule is Brc1ccc2nc3ccc(Br)cc3c(-c3ccc4ccccc4c3)c2c1. The summed E-state index contributed by atoms with van der Waals surface area (Å²) in [6.07, 6.45) is 0. The van der Waals surface area contributed by atoms with Crippen LogP contribution in [0, 0.1) is 0 Å². The molecule has 1 heterocycles. The van der Waals surface area contributed by atoms with Crippen LogP contribution in [0.15, 0.2) is 87.8 Å². The fourth-order valence-electron chi connectivity index (χ4n) is 3.54. The molecule has 0 saturated heterocycles. The maximum Gasteiger partial charge on any atom is 0.0716 e. The van der Waals surface area contributed by atoms with Crippen molar-refractivity contribution in [3.05, 3.63) is 87.8 Å². The highest BCUT2D eigenvalue weighted by Gasteiger charge is 2.12. The molecule has 124 valence electrons. The first-order valence-corrected chi connectivity index (χ1v) is 9.95. The van der Waals surface area contributed by atoms with Gasteiger partial charge in [0, 0.05) is 25.3 Å². The van der Waals surface area contributed by atoms with Gasteiger partial charge in [0.05, 0.1) is 11.0 Å². The Labute approximate surface area is 167 Å². The van der Waals surface area contributed by atoms with E-state index in [9.17, 15) is 0 Å². The number of rotatable bonds is 1. The fraction of sp³-hybridized carbons (Fsp3) is 0. The Morgan fingerprint density at radius 1 is 0.577 bits per heavy atom. The Morgan fingerprint density at radius 3 is 1.85 bits per heavy atom. The van der Waals surface area contributed by atoms with Gasteiger partial charge in [-0.2, -0.15) is 0 Å². The normalized spacial score (nSPS) is 11.5. The molecule has 0 amide bonds. The van der Waals surface area contributed by atoms with E-state index in [-0.39, 0.29) is 0 Å². The van der Waals surface area contributed by atoms with Crippen molar-refractivity contribution in [1.82, 2.24) is 4.98 Å². The van der Waals surface area contributed by atoms with Crippen LogP contribution in [0.1, 0.15) is 0 Å². The van der Waals surface area contributed by atoms with Gasteiger partial charge in [-0.1, -0.05) is 68.3 Å². The largest absolute Gasteiger partial charge is 0.248 e. The summed E-state index contributed by atoms with van der Waals surface area (Å²) in [5.74, 6) is 0. The van der Waals surface area contributed by atoms with E-state index in [0.717, 1.165) is 30.8 Å². The van der Waals surface area contributed by atoms with E-state index in [1.54, 1.807) is 0 Å². The third kappa shape index (κ3) is 2.63. The number of fused-ring (bicyclic) bond motifs is 3. The molecule has 3 heteroatoms. The number of benzene rings is 4. The molecular formula is C23H13Br2N. The molecule has 0 bridgehead atoms. The van der Waals surface area contributed by atoms with Gasteiger partial charge in [0.25, 0.3) is 0 Å². The Bertz CT molecular complexity index is 1250. The summed E-state index contributed by atoms with van der Waals surface area (Å²) in [4.78, 5) is 4.87. The van der Waals surface area contributed by atoms with Crippen molar-refractivity contribution in [3.8, 4) is 11.1 Å². The van der Waals surface area contributed by atoms with Gasteiger partial charge in [-0.15, -0.1) is 0 Å². The molecule has 0 aliphatic heterocycles. The molecule has 0 atom stereocenters. The summed E-state index contributed by atoms with van der Waals surface area (Å²) >= 11 is 7.24. The molecule has 0 aliphatic carbocycles. The van der Waals surface area contributed by atoms with Crippen LogP contribution in [0.3, 0.4) is 0 Å². The van der Waals surface area contributed by atoms with Gasteiger partial charge in [-0.3, -0.25) is 0 Å². The first-order chi connectivity index (χ1) is 12.7. The van der Waals surface area contributed by atoms with Crippen molar-refractivity contribution in [3.63, 3.8) is 0 Å². The summed E-state index contributed by atoms with van der Waals surface area (Å²) in [5.41, 5.74) is 4.44. The number of aromatic nitrogens is 1. The van der Waals surface area contributed by atoms with Crippen LogP contribution in [0.4, 0.5) is 0 Å². The van der Waals surface area contributed by atoms with Crippen molar-refractivity contribution in [2.75, 3.05) is 0 Å². The van der Waals surface area contributed by atoms with Crippen LogP contribution in [0.2, 0.25) is 0 Å². The van der Waals surface area contributed by atoms with Gasteiger partial charge in [0.2, 0.25) is 0 Å². The van der Waals surface area contributed by atoms with Crippen molar-refractivity contribution in [2.24, 2.45) is 0 Å². The topological polar surface area (TPSA) is 12.9 Å². The molecule has 5 aromatic rings. The minimum Gasteiger partial charge on any atom is -0.248 e. The number of nitrogens with zero attached hydrogens (tertiary/aromatic N) is 1. The van der Waals surface area contributed by atoms with Crippen LogP contribution in [-0.4, -0.2) is 4.98 Å². The van der Waals surface area contributed by atoms with Crippen LogP contribution >= 0.6 is 31.9 Å². The second-order valence-electron chi connectivity index (χ2n) is 6.37. The molecule has 1 aromatic heterocycles. The number of hydrogen-bond acceptors (Lipinski definition) is 1. The van der Waals surface area contributed by atoms with E-state index >= 15 is 0 Å². The first kappa shape index (κ1) is 16.0. The second-order valence-corrected chi connectivity index (χ2v) is 8.20. The molecule has 0 saturated carbocycles. The average Bonchev–Trinajstić information content (AvgIpc) is 2.66. The van der Waals surface area contributed by atoms with Gasteiger partial charge >= 0.3 is 0 Å². The zero-order chi connectivity index (χ0) is 17.7. The van der Waals surface area contributed by atoms with Crippen LogP contribution < -0.4 is 0 Å². The van der Waals surface area contributed by atoms with Gasteiger partial charge in [-0.25, -0.2) is 4.98 Å². The van der Waals surface area contributed by atoms with E-state index in [4.69, 9.17) is 4.98 Å². The third-order valence-corrected chi connectivity index (χ3v) is 5.72. The van der Waals surface area contributed by atoms with Crippen LogP contribution in [0.25, 0.3) is 43.7 Å². The monoisotopic (exact) mass is 461 g/mol. The maximum absolute atomic E-state index is 4.87. The van der Waals surface area contributed by atoms with Gasteiger partial charge in [0.1, 0.15) is 0 Å². The molecule has 5 rings (SSSR count). The second kappa shape index (κ2) is 6.19. The standard InChI is InChI=1S/C23H13Br2N/c24-17-7-9-21-19(12-17)23(20-13-18(25)8-10-22(20)26-21)16-6-5-14-3-1-2-4-15(14)11-16/h1-13H. The highest BCUT2D eigenvalue weighted by molar-refractivity contribution is 9.10. The predicted molar refractivity (Wildman–Crippen MR) is 118 cm³/mol. The molecule has 1 nitrogen and oxygen atoms in total. The van der Waals surface area contributed by atoms with Gasteiger partial charge < -0.3 is 0 Å². The zero-order valence-corrected chi connectivity index (χ0v) is 16.9. The number of halogens is 2. The number of pyridine rings is 1. The van der Waals surface area contributed by atoms with Crippen molar-refractivity contribution >= 4 is 64.4 Å². The quantitative estimate of drug-likeness (QED) is 0.232. The average molecular weight is 463 g/mol. The van der Waals surface area contributed by atoms with Crippen LogP contribution in [-0.2, 0) is 0 Å². The smallest absolute Gasteiger partial charge is 0.0716 e. The predicted octanol–water partition coefficient (Wildman–Crippen LogP) is 7.73. The van der Waals surface area contributed by atoms with Crippen molar-refractivity contribution in [2.45, 2.75) is 0 Å². The summed E-state index contributed by atoms with van der Waals surface area (Å²) in [6, 6.07) is 27.7. The molecule has 0 spiro atoms. The molecule has 26 heavy (non-hydrogen) atoms. The van der Waals surface area contributed by atoms with E-state index in [0.29, 0.717) is 0 Å². The molecular weight excluding hydrogens is 450 g/mol. The zero-order valence-electron chi connectivity index (χ0n) is 13.7. The summed E-state index contributed by atoms with van der Waals surface area (Å²) in [5, 5.41) is 4.80. The van der Waals surface area contributed by atoms with E-state index in [1.165, 1.54) is 21.9 Å². The lowest BCUT2D eigenvalue weighted by atomic mass is 9.94. The molecule has 0 aliphatic rings. The summed E-state index contributed by atoms with van der Waals surface area (Å²) < 4.78 is 2.12. The van der Waals surface area contributed by atoms with Crippen LogP contribution in [0.5, 0.6) is 0 Å². The molecule has 0 radical (unpaired) electrons. The Balaban J connectivity index is 1.96. The van der Waals surface area contributed by atoms with Crippen molar-refractivity contribution in [1.29, 1.82) is 0 Å². The first-order valence-electron chi connectivity index (χ1n) is 8.37. The lowest BCUT2D eigenvalue weighted by Crippen LogP contribution is -1.90. The minimum absolute atomic E-state index is 1.01. The highest BCUT2D eigenvalue weighted by Crippen LogP contribution is 2.38. The fourth-order valence-corrected chi connectivity index (χ4v) is 4.26. The number of hydrogen-bond donors (Lipinski definition) is 0. The van der Waals surface area contributed by atoms with Gasteiger partial charge in [0.15, 0.2) is 0 Å². The lowest BCUT2D eigenvalue weighted by Gasteiger charge is -2.13. The Morgan fingerprint density at radius 2 is 1.19 bits per heavy atom. The molecule has 0 unspecified atom stereocenters. The minimum atomic E-state index is 1.01. The summed E-state index contributed by atoms with van der Waals surface area (Å²) in [6.45, 7) is 0. The van der Waals surface area contributed by atoms with Crippen molar-refractivity contribution < 1.29 is 0 Å². The third-order valence-electron chi connectivity index (χ3n) is 4.73. The van der Waals surface area contributed by atoms with Gasteiger partial charge in [-0.05, 0) is 58.8 Å². The maximum atomic E-state index is 4.87. The highest BCUT2D eigenvalue weighted by atomic mass is 79.9. The molecule has 4 aromatic carbocycles. The lowest BCUT2D eigenvalue weighted by molar-refractivity contribution is 1.48. The Hall–Kier alpha value is -2.23.